The van der Waals surface area contributed by atoms with Gasteiger partial charge in [0.05, 0.1) is 0 Å². The standard InChI is InChI=1S/C18H18N2S/c1-19-15-7-3-13(4-8-15)17-11-12-18(21-17)14-5-9-16(20-2)10-6-14/h3-12,19-20H,1-2H3. The quantitative estimate of drug-likeness (QED) is 0.694. The number of anilines is 2. The first-order valence-corrected chi connectivity index (χ1v) is 7.78. The lowest BCUT2D eigenvalue weighted by Crippen LogP contribution is -1.86. The zero-order valence-electron chi connectivity index (χ0n) is 12.2. The molecule has 21 heavy (non-hydrogen) atoms. The Bertz CT molecular complexity index is 650. The molecule has 0 spiro atoms. The van der Waals surface area contributed by atoms with Gasteiger partial charge in [-0.1, -0.05) is 24.3 Å². The molecule has 0 saturated carbocycles. The summed E-state index contributed by atoms with van der Waals surface area (Å²) >= 11 is 1.83. The van der Waals surface area contributed by atoms with E-state index >= 15 is 0 Å². The second-order valence-corrected chi connectivity index (χ2v) is 5.90. The van der Waals surface area contributed by atoms with Crippen LogP contribution in [0.5, 0.6) is 0 Å². The summed E-state index contributed by atoms with van der Waals surface area (Å²) in [7, 11) is 3.88. The van der Waals surface area contributed by atoms with E-state index in [1.807, 2.05) is 25.4 Å². The summed E-state index contributed by atoms with van der Waals surface area (Å²) in [6, 6.07) is 21.5. The summed E-state index contributed by atoms with van der Waals surface area (Å²) in [6.45, 7) is 0. The van der Waals surface area contributed by atoms with Crippen LogP contribution in [0, 0.1) is 0 Å². The van der Waals surface area contributed by atoms with Gasteiger partial charge in [0.15, 0.2) is 0 Å². The molecule has 0 aliphatic heterocycles. The van der Waals surface area contributed by atoms with Crippen LogP contribution in [-0.2, 0) is 0 Å². The Kier molecular flexibility index (Phi) is 3.93. The molecule has 0 saturated heterocycles. The van der Waals surface area contributed by atoms with Gasteiger partial charge < -0.3 is 10.6 Å². The Balaban J connectivity index is 1.87. The molecule has 3 aromatic rings. The molecule has 2 aromatic carbocycles. The predicted octanol–water partition coefficient (Wildman–Crippen LogP) is 5.17. The largest absolute Gasteiger partial charge is 0.388 e. The van der Waals surface area contributed by atoms with E-state index in [1.54, 1.807) is 0 Å². The molecule has 0 unspecified atom stereocenters. The molecule has 3 heteroatoms. The maximum Gasteiger partial charge on any atom is 0.0349 e. The van der Waals surface area contributed by atoms with Crippen molar-refractivity contribution in [3.8, 4) is 20.9 Å². The van der Waals surface area contributed by atoms with Crippen LogP contribution in [0.25, 0.3) is 20.9 Å². The van der Waals surface area contributed by atoms with Crippen molar-refractivity contribution in [2.45, 2.75) is 0 Å². The monoisotopic (exact) mass is 294 g/mol. The second-order valence-electron chi connectivity index (χ2n) is 4.82. The van der Waals surface area contributed by atoms with Crippen LogP contribution in [-0.4, -0.2) is 14.1 Å². The Morgan fingerprint density at radius 2 is 0.952 bits per heavy atom. The number of nitrogens with one attached hydrogen (secondary N) is 2. The minimum atomic E-state index is 1.14. The van der Waals surface area contributed by atoms with E-state index in [0.717, 1.165) is 11.4 Å². The molecule has 1 heterocycles. The molecule has 0 bridgehead atoms. The van der Waals surface area contributed by atoms with E-state index < -0.39 is 0 Å². The molecule has 0 fully saturated rings. The van der Waals surface area contributed by atoms with Gasteiger partial charge in [-0.3, -0.25) is 0 Å². The van der Waals surface area contributed by atoms with Crippen molar-refractivity contribution in [1.29, 1.82) is 0 Å². The fraction of sp³-hybridized carbons (Fsp3) is 0.111. The van der Waals surface area contributed by atoms with E-state index in [9.17, 15) is 0 Å². The topological polar surface area (TPSA) is 24.1 Å². The lowest BCUT2D eigenvalue weighted by molar-refractivity contribution is 1.51. The average molecular weight is 294 g/mol. The highest BCUT2D eigenvalue weighted by atomic mass is 32.1. The maximum absolute atomic E-state index is 3.14. The molecule has 106 valence electrons. The van der Waals surface area contributed by atoms with Gasteiger partial charge >= 0.3 is 0 Å². The van der Waals surface area contributed by atoms with E-state index in [0.29, 0.717) is 0 Å². The summed E-state index contributed by atoms with van der Waals surface area (Å²) in [5.74, 6) is 0. The SMILES string of the molecule is CNc1ccc(-c2ccc(-c3ccc(NC)cc3)s2)cc1. The van der Waals surface area contributed by atoms with Crippen LogP contribution in [0.4, 0.5) is 11.4 Å². The van der Waals surface area contributed by atoms with Crippen LogP contribution < -0.4 is 10.6 Å². The van der Waals surface area contributed by atoms with Crippen molar-refractivity contribution in [3.05, 3.63) is 60.7 Å². The predicted molar refractivity (Wildman–Crippen MR) is 94.3 cm³/mol. The van der Waals surface area contributed by atoms with Gasteiger partial charge in [-0.2, -0.15) is 0 Å². The summed E-state index contributed by atoms with van der Waals surface area (Å²) in [4.78, 5) is 2.59. The highest BCUT2D eigenvalue weighted by Gasteiger charge is 2.05. The number of thiophene rings is 1. The molecular weight excluding hydrogens is 276 g/mol. The van der Waals surface area contributed by atoms with Crippen LogP contribution in [0.1, 0.15) is 0 Å². The minimum Gasteiger partial charge on any atom is -0.388 e. The Hall–Kier alpha value is -2.26. The van der Waals surface area contributed by atoms with Crippen molar-refractivity contribution in [3.63, 3.8) is 0 Å². The normalized spacial score (nSPS) is 10.4. The first-order chi connectivity index (χ1) is 10.3. The maximum atomic E-state index is 3.14. The average Bonchev–Trinajstić information content (AvgIpc) is 3.05. The smallest absolute Gasteiger partial charge is 0.0349 e. The van der Waals surface area contributed by atoms with E-state index in [1.165, 1.54) is 20.9 Å². The lowest BCUT2D eigenvalue weighted by atomic mass is 10.1. The van der Waals surface area contributed by atoms with Crippen molar-refractivity contribution in [2.24, 2.45) is 0 Å². The minimum absolute atomic E-state index is 1.14. The third-order valence-corrected chi connectivity index (χ3v) is 4.71. The molecule has 2 nitrogen and oxygen atoms in total. The third-order valence-electron chi connectivity index (χ3n) is 3.52. The van der Waals surface area contributed by atoms with Crippen LogP contribution >= 0.6 is 11.3 Å². The highest BCUT2D eigenvalue weighted by Crippen LogP contribution is 2.35. The molecule has 1 aromatic heterocycles. The van der Waals surface area contributed by atoms with Gasteiger partial charge in [0.1, 0.15) is 0 Å². The molecule has 0 atom stereocenters. The summed E-state index contributed by atoms with van der Waals surface area (Å²) in [5.41, 5.74) is 4.80. The van der Waals surface area contributed by atoms with Gasteiger partial charge in [-0.25, -0.2) is 0 Å². The van der Waals surface area contributed by atoms with Crippen LogP contribution in [0.15, 0.2) is 60.7 Å². The number of rotatable bonds is 4. The zero-order chi connectivity index (χ0) is 14.7. The fourth-order valence-corrected chi connectivity index (χ4v) is 3.27. The molecule has 0 aliphatic rings. The molecule has 0 radical (unpaired) electrons. The summed E-state index contributed by atoms with van der Waals surface area (Å²) in [6.07, 6.45) is 0. The highest BCUT2D eigenvalue weighted by molar-refractivity contribution is 7.18. The summed E-state index contributed by atoms with van der Waals surface area (Å²) < 4.78 is 0. The third kappa shape index (κ3) is 2.93. The van der Waals surface area contributed by atoms with Crippen molar-refractivity contribution in [1.82, 2.24) is 0 Å². The second kappa shape index (κ2) is 6.02. The van der Waals surface area contributed by atoms with Gasteiger partial charge in [-0.05, 0) is 47.5 Å². The van der Waals surface area contributed by atoms with Gasteiger partial charge in [0, 0.05) is 35.2 Å². The van der Waals surface area contributed by atoms with Crippen LogP contribution in [0.3, 0.4) is 0 Å². The number of hydrogen-bond acceptors (Lipinski definition) is 3. The fourth-order valence-electron chi connectivity index (χ4n) is 2.25. The van der Waals surface area contributed by atoms with Crippen molar-refractivity contribution < 1.29 is 0 Å². The van der Waals surface area contributed by atoms with E-state index in [-0.39, 0.29) is 0 Å². The molecule has 2 N–H and O–H groups in total. The number of hydrogen-bond donors (Lipinski definition) is 2. The van der Waals surface area contributed by atoms with Gasteiger partial charge in [-0.15, -0.1) is 11.3 Å². The van der Waals surface area contributed by atoms with Crippen molar-refractivity contribution >= 4 is 22.7 Å². The zero-order valence-corrected chi connectivity index (χ0v) is 13.0. The molecule has 3 rings (SSSR count). The summed E-state index contributed by atoms with van der Waals surface area (Å²) in [5, 5.41) is 6.29. The van der Waals surface area contributed by atoms with Gasteiger partial charge in [0.2, 0.25) is 0 Å². The number of benzene rings is 2. The lowest BCUT2D eigenvalue weighted by Gasteiger charge is -2.02. The molecule has 0 amide bonds. The van der Waals surface area contributed by atoms with Crippen LogP contribution in [0.2, 0.25) is 0 Å². The van der Waals surface area contributed by atoms with Gasteiger partial charge in [0.25, 0.3) is 0 Å². The van der Waals surface area contributed by atoms with E-state index in [2.05, 4.69) is 71.3 Å². The van der Waals surface area contributed by atoms with E-state index in [4.69, 9.17) is 0 Å². The molecule has 0 aliphatic carbocycles. The Labute approximate surface area is 129 Å². The molecular formula is C18H18N2S. The first kappa shape index (κ1) is 13.7. The Morgan fingerprint density at radius 1 is 0.571 bits per heavy atom. The first-order valence-electron chi connectivity index (χ1n) is 6.96. The Morgan fingerprint density at radius 3 is 1.29 bits per heavy atom. The van der Waals surface area contributed by atoms with Crippen molar-refractivity contribution in [2.75, 3.05) is 24.7 Å².